The lowest BCUT2D eigenvalue weighted by atomic mass is 9.78. The Morgan fingerprint density at radius 3 is 2.22 bits per heavy atom. The van der Waals surface area contributed by atoms with E-state index in [4.69, 9.17) is 9.31 Å². The Kier molecular flexibility index (Phi) is 3.43. The molecule has 0 unspecified atom stereocenters. The van der Waals surface area contributed by atoms with E-state index in [1.54, 1.807) is 6.07 Å². The van der Waals surface area contributed by atoms with Gasteiger partial charge in [0.25, 0.3) is 0 Å². The zero-order valence-corrected chi connectivity index (χ0v) is 12.6. The molecule has 0 saturated carbocycles. The molecule has 1 aromatic carbocycles. The number of carbonyl (C=O) groups excluding carboxylic acids is 1. The number of hydrogen-bond donors (Lipinski definition) is 0. The fourth-order valence-electron chi connectivity index (χ4n) is 1.81. The van der Waals surface area contributed by atoms with Gasteiger partial charge in [-0.3, -0.25) is 4.79 Å². The minimum Gasteiger partial charge on any atom is -0.399 e. The molecular weight excluding hydrogens is 295 g/mol. The highest BCUT2D eigenvalue weighted by Crippen LogP contribution is 2.37. The van der Waals surface area contributed by atoms with E-state index in [0.29, 0.717) is 5.56 Å². The topological polar surface area (TPSA) is 35.5 Å². The standard InChI is InChI=1S/C13H16BBrO3/c1-12(2)13(3,4)18-14(17-12)10-7-5-6-9(8-16)11(10)15/h5-8H,1-4H3. The maximum absolute atomic E-state index is 10.9. The third-order valence-electron chi connectivity index (χ3n) is 3.69. The largest absolute Gasteiger partial charge is 0.496 e. The highest BCUT2D eigenvalue weighted by Gasteiger charge is 2.52. The second-order valence-corrected chi connectivity index (χ2v) is 6.25. The zero-order valence-electron chi connectivity index (χ0n) is 11.0. The van der Waals surface area contributed by atoms with Crippen LogP contribution in [0.2, 0.25) is 0 Å². The van der Waals surface area contributed by atoms with Crippen molar-refractivity contribution in [2.24, 2.45) is 0 Å². The predicted molar refractivity (Wildman–Crippen MR) is 75.2 cm³/mol. The number of aldehydes is 1. The molecule has 0 aliphatic carbocycles. The lowest BCUT2D eigenvalue weighted by Crippen LogP contribution is -2.41. The fraction of sp³-hybridized carbons (Fsp3) is 0.462. The Labute approximate surface area is 116 Å². The lowest BCUT2D eigenvalue weighted by molar-refractivity contribution is 0.00578. The molecule has 1 saturated heterocycles. The molecule has 0 spiro atoms. The Morgan fingerprint density at radius 2 is 1.72 bits per heavy atom. The van der Waals surface area contributed by atoms with Gasteiger partial charge < -0.3 is 9.31 Å². The molecule has 3 nitrogen and oxygen atoms in total. The summed E-state index contributed by atoms with van der Waals surface area (Å²) in [4.78, 5) is 10.9. The molecule has 1 aliphatic rings. The highest BCUT2D eigenvalue weighted by molar-refractivity contribution is 9.10. The van der Waals surface area contributed by atoms with Gasteiger partial charge in [0.1, 0.15) is 0 Å². The molecule has 1 fully saturated rings. The highest BCUT2D eigenvalue weighted by atomic mass is 79.9. The molecule has 1 aliphatic heterocycles. The second-order valence-electron chi connectivity index (χ2n) is 5.46. The average molecular weight is 311 g/mol. The fourth-order valence-corrected chi connectivity index (χ4v) is 2.36. The lowest BCUT2D eigenvalue weighted by Gasteiger charge is -2.32. The zero-order chi connectivity index (χ0) is 13.6. The first-order chi connectivity index (χ1) is 8.28. The Bertz CT molecular complexity index is 469. The number of hydrogen-bond acceptors (Lipinski definition) is 3. The average Bonchev–Trinajstić information content (AvgIpc) is 2.48. The van der Waals surface area contributed by atoms with Crippen LogP contribution in [0.5, 0.6) is 0 Å². The molecule has 0 bridgehead atoms. The minimum absolute atomic E-state index is 0.381. The SMILES string of the molecule is CC1(C)OB(c2cccc(C=O)c2Br)OC1(C)C. The first-order valence-corrected chi connectivity index (χ1v) is 6.67. The van der Waals surface area contributed by atoms with Gasteiger partial charge in [-0.15, -0.1) is 0 Å². The molecule has 1 heterocycles. The Morgan fingerprint density at radius 1 is 1.17 bits per heavy atom. The van der Waals surface area contributed by atoms with E-state index < -0.39 is 7.12 Å². The summed E-state index contributed by atoms with van der Waals surface area (Å²) in [5, 5.41) is 0. The molecule has 18 heavy (non-hydrogen) atoms. The monoisotopic (exact) mass is 310 g/mol. The van der Waals surface area contributed by atoms with Crippen LogP contribution in [-0.2, 0) is 9.31 Å². The molecule has 0 amide bonds. The van der Waals surface area contributed by atoms with Gasteiger partial charge >= 0.3 is 7.12 Å². The van der Waals surface area contributed by atoms with Gasteiger partial charge in [0.2, 0.25) is 0 Å². The number of benzene rings is 1. The summed E-state index contributed by atoms with van der Waals surface area (Å²) in [6, 6.07) is 5.49. The number of carbonyl (C=O) groups is 1. The smallest absolute Gasteiger partial charge is 0.399 e. The van der Waals surface area contributed by atoms with Crippen molar-refractivity contribution in [3.63, 3.8) is 0 Å². The van der Waals surface area contributed by atoms with Gasteiger partial charge in [0.05, 0.1) is 11.2 Å². The van der Waals surface area contributed by atoms with E-state index in [0.717, 1.165) is 16.2 Å². The van der Waals surface area contributed by atoms with Crippen LogP contribution in [0.1, 0.15) is 38.1 Å². The van der Waals surface area contributed by atoms with E-state index in [1.807, 2.05) is 39.8 Å². The third-order valence-corrected chi connectivity index (χ3v) is 4.61. The molecule has 0 radical (unpaired) electrons. The van der Waals surface area contributed by atoms with E-state index in [2.05, 4.69) is 15.9 Å². The van der Waals surface area contributed by atoms with Crippen LogP contribution in [0.4, 0.5) is 0 Å². The summed E-state index contributed by atoms with van der Waals surface area (Å²) in [7, 11) is -0.454. The summed E-state index contributed by atoms with van der Waals surface area (Å²) in [6.45, 7) is 8.02. The molecule has 0 aromatic heterocycles. The van der Waals surface area contributed by atoms with Crippen LogP contribution in [0.25, 0.3) is 0 Å². The van der Waals surface area contributed by atoms with Gasteiger partial charge in [0, 0.05) is 10.0 Å². The molecule has 0 N–H and O–H groups in total. The van der Waals surface area contributed by atoms with Crippen molar-refractivity contribution >= 4 is 34.8 Å². The Balaban J connectivity index is 2.38. The first-order valence-electron chi connectivity index (χ1n) is 5.88. The van der Waals surface area contributed by atoms with E-state index in [-0.39, 0.29) is 11.2 Å². The van der Waals surface area contributed by atoms with Crippen molar-refractivity contribution in [2.75, 3.05) is 0 Å². The summed E-state index contributed by atoms with van der Waals surface area (Å²) in [5.74, 6) is 0. The summed E-state index contributed by atoms with van der Waals surface area (Å²) in [5.41, 5.74) is 0.684. The first kappa shape index (κ1) is 13.8. The Hall–Kier alpha value is -0.645. The van der Waals surface area contributed by atoms with Crippen LogP contribution in [-0.4, -0.2) is 24.6 Å². The van der Waals surface area contributed by atoms with Crippen LogP contribution in [0.3, 0.4) is 0 Å². The minimum atomic E-state index is -0.454. The van der Waals surface area contributed by atoms with Gasteiger partial charge in [-0.2, -0.15) is 0 Å². The summed E-state index contributed by atoms with van der Waals surface area (Å²) >= 11 is 3.44. The number of rotatable bonds is 2. The van der Waals surface area contributed by atoms with E-state index in [9.17, 15) is 4.79 Å². The normalized spacial score (nSPS) is 21.1. The molecule has 5 heteroatoms. The molecule has 2 rings (SSSR count). The van der Waals surface area contributed by atoms with Crippen molar-refractivity contribution in [3.05, 3.63) is 28.2 Å². The van der Waals surface area contributed by atoms with Crippen molar-refractivity contribution in [1.29, 1.82) is 0 Å². The van der Waals surface area contributed by atoms with Crippen LogP contribution < -0.4 is 5.46 Å². The van der Waals surface area contributed by atoms with Gasteiger partial charge in [-0.25, -0.2) is 0 Å². The molecule has 1 aromatic rings. The quantitative estimate of drug-likeness (QED) is 0.622. The van der Waals surface area contributed by atoms with Crippen molar-refractivity contribution in [2.45, 2.75) is 38.9 Å². The molecular formula is C13H16BBrO3. The van der Waals surface area contributed by atoms with Crippen LogP contribution in [0, 0.1) is 0 Å². The van der Waals surface area contributed by atoms with E-state index >= 15 is 0 Å². The van der Waals surface area contributed by atoms with Crippen LogP contribution in [0.15, 0.2) is 22.7 Å². The molecule has 96 valence electrons. The summed E-state index contributed by atoms with van der Waals surface area (Å²) < 4.78 is 12.7. The third kappa shape index (κ3) is 2.15. The predicted octanol–water partition coefficient (Wildman–Crippen LogP) is 2.56. The second kappa shape index (κ2) is 4.47. The van der Waals surface area contributed by atoms with E-state index in [1.165, 1.54) is 0 Å². The van der Waals surface area contributed by atoms with Crippen LogP contribution >= 0.6 is 15.9 Å². The maximum atomic E-state index is 10.9. The maximum Gasteiger partial charge on any atom is 0.496 e. The van der Waals surface area contributed by atoms with Crippen molar-refractivity contribution < 1.29 is 14.1 Å². The van der Waals surface area contributed by atoms with Gasteiger partial charge in [-0.1, -0.05) is 34.1 Å². The van der Waals surface area contributed by atoms with Gasteiger partial charge in [0.15, 0.2) is 6.29 Å². The van der Waals surface area contributed by atoms with Crippen molar-refractivity contribution in [1.82, 2.24) is 0 Å². The number of halogens is 1. The van der Waals surface area contributed by atoms with Gasteiger partial charge in [-0.05, 0) is 33.2 Å². The summed E-state index contributed by atoms with van der Waals surface area (Å²) in [6.07, 6.45) is 0.818. The van der Waals surface area contributed by atoms with Crippen molar-refractivity contribution in [3.8, 4) is 0 Å². The molecule has 0 atom stereocenters.